The molecule has 1 rings (SSSR count). The van der Waals surface area contributed by atoms with Crippen LogP contribution in [0.4, 0.5) is 4.79 Å². The second kappa shape index (κ2) is 6.20. The molecule has 0 aliphatic carbocycles. The first kappa shape index (κ1) is 15.0. The predicted octanol–water partition coefficient (Wildman–Crippen LogP) is 3.29. The summed E-state index contributed by atoms with van der Waals surface area (Å²) in [7, 11) is 0. The molecule has 0 aliphatic rings. The molecular weight excluding hydrogens is 296 g/mol. The van der Waals surface area contributed by atoms with Gasteiger partial charge < -0.3 is 4.74 Å². The van der Waals surface area contributed by atoms with Crippen molar-refractivity contribution in [1.29, 1.82) is 0 Å². The van der Waals surface area contributed by atoms with Crippen molar-refractivity contribution < 1.29 is 9.53 Å². The van der Waals surface area contributed by atoms with Crippen LogP contribution in [-0.2, 0) is 11.3 Å². The Bertz CT molecular complexity index is 427. The number of hydrazine groups is 1. The van der Waals surface area contributed by atoms with Crippen LogP contribution in [-0.4, -0.2) is 11.7 Å². The van der Waals surface area contributed by atoms with Crippen molar-refractivity contribution in [3.05, 3.63) is 33.8 Å². The number of benzene rings is 1. The molecule has 5 heteroatoms. The Morgan fingerprint density at radius 1 is 1.39 bits per heavy atom. The molecule has 0 aromatic heterocycles. The van der Waals surface area contributed by atoms with Gasteiger partial charge in [0, 0.05) is 11.0 Å². The van der Waals surface area contributed by atoms with E-state index in [9.17, 15) is 4.79 Å². The van der Waals surface area contributed by atoms with Crippen LogP contribution in [0, 0.1) is 6.92 Å². The van der Waals surface area contributed by atoms with Crippen molar-refractivity contribution in [3.63, 3.8) is 0 Å². The third-order valence-corrected chi connectivity index (χ3v) is 2.81. The highest BCUT2D eigenvalue weighted by molar-refractivity contribution is 9.10. The van der Waals surface area contributed by atoms with Crippen molar-refractivity contribution in [2.75, 3.05) is 0 Å². The average Bonchev–Trinajstić information content (AvgIpc) is 2.18. The van der Waals surface area contributed by atoms with Gasteiger partial charge in [-0.05, 0) is 44.9 Å². The van der Waals surface area contributed by atoms with Crippen LogP contribution < -0.4 is 10.9 Å². The lowest BCUT2D eigenvalue weighted by molar-refractivity contribution is 0.0497. The quantitative estimate of drug-likeness (QED) is 0.842. The maximum Gasteiger partial charge on any atom is 0.422 e. The molecule has 0 atom stereocenters. The van der Waals surface area contributed by atoms with Gasteiger partial charge in [0.1, 0.15) is 5.60 Å². The van der Waals surface area contributed by atoms with Crippen LogP contribution in [0.5, 0.6) is 0 Å². The Morgan fingerprint density at radius 2 is 2.06 bits per heavy atom. The molecule has 1 aromatic carbocycles. The summed E-state index contributed by atoms with van der Waals surface area (Å²) in [6.07, 6.45) is -0.481. The summed E-state index contributed by atoms with van der Waals surface area (Å²) in [5.74, 6) is 0. The summed E-state index contributed by atoms with van der Waals surface area (Å²) < 4.78 is 6.12. The average molecular weight is 315 g/mol. The maximum atomic E-state index is 11.4. The topological polar surface area (TPSA) is 50.4 Å². The van der Waals surface area contributed by atoms with Crippen molar-refractivity contribution in [2.24, 2.45) is 0 Å². The summed E-state index contributed by atoms with van der Waals surface area (Å²) in [6, 6.07) is 6.06. The summed E-state index contributed by atoms with van der Waals surface area (Å²) in [5, 5.41) is 0. The minimum Gasteiger partial charge on any atom is -0.443 e. The molecule has 0 unspecified atom stereocenters. The Hall–Kier alpha value is -1.07. The molecule has 1 amide bonds. The fourth-order valence-corrected chi connectivity index (χ4v) is 1.94. The van der Waals surface area contributed by atoms with Gasteiger partial charge in [-0.1, -0.05) is 28.1 Å². The largest absolute Gasteiger partial charge is 0.443 e. The molecule has 0 fully saturated rings. The highest BCUT2D eigenvalue weighted by Crippen LogP contribution is 2.17. The van der Waals surface area contributed by atoms with Crippen LogP contribution in [0.1, 0.15) is 31.9 Å². The zero-order valence-electron chi connectivity index (χ0n) is 11.1. The van der Waals surface area contributed by atoms with Gasteiger partial charge in [0.15, 0.2) is 0 Å². The molecular formula is C13H19BrN2O2. The third-order valence-electron chi connectivity index (χ3n) is 2.08. The number of ether oxygens (including phenoxy) is 1. The number of halogens is 1. The molecule has 0 aliphatic heterocycles. The van der Waals surface area contributed by atoms with Gasteiger partial charge >= 0.3 is 6.09 Å². The predicted molar refractivity (Wildman–Crippen MR) is 75.1 cm³/mol. The van der Waals surface area contributed by atoms with E-state index in [1.807, 2.05) is 45.9 Å². The highest BCUT2D eigenvalue weighted by Gasteiger charge is 2.15. The summed E-state index contributed by atoms with van der Waals surface area (Å²) >= 11 is 3.48. The summed E-state index contributed by atoms with van der Waals surface area (Å²) in [4.78, 5) is 11.4. The fraction of sp³-hybridized carbons (Fsp3) is 0.462. The molecule has 0 saturated heterocycles. The van der Waals surface area contributed by atoms with Crippen molar-refractivity contribution in [3.8, 4) is 0 Å². The number of carbonyl (C=O) groups is 1. The number of amides is 1. The third kappa shape index (κ3) is 5.51. The van der Waals surface area contributed by atoms with Crippen LogP contribution in [0.15, 0.2) is 22.7 Å². The highest BCUT2D eigenvalue weighted by atomic mass is 79.9. The molecule has 4 nitrogen and oxygen atoms in total. The molecule has 0 radical (unpaired) electrons. The molecule has 2 N–H and O–H groups in total. The number of hydrogen-bond acceptors (Lipinski definition) is 3. The number of aryl methyl sites for hydroxylation is 1. The van der Waals surface area contributed by atoms with Crippen molar-refractivity contribution >= 4 is 22.0 Å². The molecule has 0 bridgehead atoms. The van der Waals surface area contributed by atoms with E-state index in [0.717, 1.165) is 10.0 Å². The Kier molecular flexibility index (Phi) is 5.16. The Morgan fingerprint density at radius 3 is 2.61 bits per heavy atom. The zero-order chi connectivity index (χ0) is 13.8. The van der Waals surface area contributed by atoms with Crippen LogP contribution in [0.3, 0.4) is 0 Å². The molecule has 1 aromatic rings. The normalized spacial score (nSPS) is 11.2. The van der Waals surface area contributed by atoms with E-state index in [1.54, 1.807) is 0 Å². The second-order valence-corrected chi connectivity index (χ2v) is 5.93. The van der Waals surface area contributed by atoms with Crippen LogP contribution >= 0.6 is 15.9 Å². The number of nitrogens with one attached hydrogen (secondary N) is 2. The molecule has 18 heavy (non-hydrogen) atoms. The lowest BCUT2D eigenvalue weighted by atomic mass is 10.1. The van der Waals surface area contributed by atoms with E-state index in [4.69, 9.17) is 4.74 Å². The zero-order valence-corrected chi connectivity index (χ0v) is 12.7. The minimum absolute atomic E-state index is 0.481. The van der Waals surface area contributed by atoms with Gasteiger partial charge in [-0.2, -0.15) is 0 Å². The first-order chi connectivity index (χ1) is 8.28. The molecule has 100 valence electrons. The van der Waals surface area contributed by atoms with Gasteiger partial charge in [-0.25, -0.2) is 10.2 Å². The van der Waals surface area contributed by atoms with Gasteiger partial charge in [0.2, 0.25) is 0 Å². The van der Waals surface area contributed by atoms with E-state index in [0.29, 0.717) is 6.54 Å². The molecule has 0 spiro atoms. The minimum atomic E-state index is -0.490. The standard InChI is InChI=1S/C13H19BrN2O2/c1-9-5-6-10(11(14)7-9)8-15-16-12(17)18-13(2,3)4/h5-7,15H,8H2,1-4H3,(H,16,17). The van der Waals surface area contributed by atoms with E-state index in [2.05, 4.69) is 26.8 Å². The molecule has 0 heterocycles. The lowest BCUT2D eigenvalue weighted by Crippen LogP contribution is -2.40. The number of hydrogen-bond donors (Lipinski definition) is 2. The van der Waals surface area contributed by atoms with Gasteiger partial charge in [-0.15, -0.1) is 0 Å². The van der Waals surface area contributed by atoms with E-state index in [1.165, 1.54) is 5.56 Å². The second-order valence-electron chi connectivity index (χ2n) is 5.08. The Balaban J connectivity index is 2.40. The van der Waals surface area contributed by atoms with Crippen LogP contribution in [0.25, 0.3) is 0 Å². The SMILES string of the molecule is Cc1ccc(CNNC(=O)OC(C)(C)C)c(Br)c1. The van der Waals surface area contributed by atoms with Gasteiger partial charge in [0.05, 0.1) is 0 Å². The van der Waals surface area contributed by atoms with Gasteiger partial charge in [0.25, 0.3) is 0 Å². The smallest absolute Gasteiger partial charge is 0.422 e. The first-order valence-corrected chi connectivity index (χ1v) is 6.54. The fourth-order valence-electron chi connectivity index (χ4n) is 1.31. The van der Waals surface area contributed by atoms with E-state index in [-0.39, 0.29) is 0 Å². The summed E-state index contributed by atoms with van der Waals surface area (Å²) in [6.45, 7) is 8.02. The monoisotopic (exact) mass is 314 g/mol. The van der Waals surface area contributed by atoms with E-state index >= 15 is 0 Å². The number of rotatable bonds is 3. The molecule has 0 saturated carbocycles. The number of carbonyl (C=O) groups excluding carboxylic acids is 1. The van der Waals surface area contributed by atoms with Crippen LogP contribution in [0.2, 0.25) is 0 Å². The maximum absolute atomic E-state index is 11.4. The lowest BCUT2D eigenvalue weighted by Gasteiger charge is -2.19. The van der Waals surface area contributed by atoms with Crippen molar-refractivity contribution in [1.82, 2.24) is 10.9 Å². The van der Waals surface area contributed by atoms with E-state index < -0.39 is 11.7 Å². The first-order valence-electron chi connectivity index (χ1n) is 5.75. The van der Waals surface area contributed by atoms with Crippen molar-refractivity contribution in [2.45, 2.75) is 39.8 Å². The summed E-state index contributed by atoms with van der Waals surface area (Å²) in [5.41, 5.74) is 7.09. The van der Waals surface area contributed by atoms with Gasteiger partial charge in [-0.3, -0.25) is 5.43 Å². The Labute approximate surface area is 116 Å².